The molecule has 0 radical (unpaired) electrons. The quantitative estimate of drug-likeness (QED) is 0.647. The Hall–Kier alpha value is -1.66. The molecule has 1 heterocycles. The molecule has 0 saturated heterocycles. The standard InChI is InChI=1S/C23H35N3O2S/c1-14(2)20-11-18(12-23-25-21-8-7-16(5)9-22(21)26-23)17(6)10-19(20)13-24-29(27,28)15(3)4/h7-10,14-15,18-20,24H,11-13H2,1-6H3,(H,25,26). The Morgan fingerprint density at radius 1 is 1.21 bits per heavy atom. The molecule has 3 unspecified atom stereocenters. The minimum Gasteiger partial charge on any atom is -0.342 e. The maximum absolute atomic E-state index is 12.2. The van der Waals surface area contributed by atoms with Crippen LogP contribution in [0.25, 0.3) is 11.0 Å². The summed E-state index contributed by atoms with van der Waals surface area (Å²) in [6, 6.07) is 6.31. The van der Waals surface area contributed by atoms with Crippen LogP contribution in [0, 0.1) is 30.6 Å². The number of aromatic amines is 1. The van der Waals surface area contributed by atoms with Crippen molar-refractivity contribution in [3.05, 3.63) is 41.2 Å². The molecular formula is C23H35N3O2S. The molecule has 2 N–H and O–H groups in total. The second kappa shape index (κ2) is 8.60. The number of nitrogens with one attached hydrogen (secondary N) is 2. The largest absolute Gasteiger partial charge is 0.342 e. The van der Waals surface area contributed by atoms with Crippen LogP contribution in [-0.2, 0) is 16.4 Å². The Labute approximate surface area is 175 Å². The van der Waals surface area contributed by atoms with Gasteiger partial charge in [-0.05, 0) is 75.5 Å². The normalized spacial score (nSPS) is 23.2. The highest BCUT2D eigenvalue weighted by molar-refractivity contribution is 7.90. The van der Waals surface area contributed by atoms with Crippen molar-refractivity contribution >= 4 is 21.1 Å². The van der Waals surface area contributed by atoms with E-state index >= 15 is 0 Å². The van der Waals surface area contributed by atoms with Crippen LogP contribution in [0.1, 0.15) is 52.4 Å². The topological polar surface area (TPSA) is 74.8 Å². The molecule has 6 heteroatoms. The number of benzene rings is 1. The number of rotatable bonds is 7. The number of sulfonamides is 1. The number of allylic oxidation sites excluding steroid dienone is 1. The van der Waals surface area contributed by atoms with Gasteiger partial charge in [0, 0.05) is 13.0 Å². The number of imidazole rings is 1. The first-order chi connectivity index (χ1) is 13.6. The first-order valence-electron chi connectivity index (χ1n) is 10.7. The molecule has 3 rings (SSSR count). The van der Waals surface area contributed by atoms with E-state index in [0.29, 0.717) is 24.3 Å². The maximum Gasteiger partial charge on any atom is 0.213 e. The Morgan fingerprint density at radius 2 is 1.93 bits per heavy atom. The first-order valence-corrected chi connectivity index (χ1v) is 12.2. The van der Waals surface area contributed by atoms with Gasteiger partial charge in [0.05, 0.1) is 16.3 Å². The van der Waals surface area contributed by atoms with E-state index in [1.165, 1.54) is 11.1 Å². The molecular weight excluding hydrogens is 382 g/mol. The summed E-state index contributed by atoms with van der Waals surface area (Å²) >= 11 is 0. The first kappa shape index (κ1) is 22.0. The van der Waals surface area contributed by atoms with Crippen LogP contribution in [0.2, 0.25) is 0 Å². The molecule has 0 aliphatic heterocycles. The molecule has 0 bridgehead atoms. The van der Waals surface area contributed by atoms with Crippen LogP contribution in [-0.4, -0.2) is 30.2 Å². The summed E-state index contributed by atoms with van der Waals surface area (Å²) < 4.78 is 27.2. The number of nitrogens with zero attached hydrogens (tertiary/aromatic N) is 1. The summed E-state index contributed by atoms with van der Waals surface area (Å²) in [5.41, 5.74) is 4.68. The fourth-order valence-electron chi connectivity index (χ4n) is 4.39. The van der Waals surface area contributed by atoms with Crippen molar-refractivity contribution in [3.63, 3.8) is 0 Å². The highest BCUT2D eigenvalue weighted by Gasteiger charge is 2.33. The Bertz CT molecular complexity index is 989. The maximum atomic E-state index is 12.2. The van der Waals surface area contributed by atoms with Gasteiger partial charge in [0.2, 0.25) is 10.0 Å². The fraction of sp³-hybridized carbons (Fsp3) is 0.609. The third kappa shape index (κ3) is 5.10. The zero-order valence-electron chi connectivity index (χ0n) is 18.5. The molecule has 1 aromatic heterocycles. The van der Waals surface area contributed by atoms with Gasteiger partial charge in [-0.2, -0.15) is 0 Å². The van der Waals surface area contributed by atoms with Gasteiger partial charge in [0.1, 0.15) is 5.82 Å². The van der Waals surface area contributed by atoms with Crippen molar-refractivity contribution in [1.29, 1.82) is 0 Å². The molecule has 5 nitrogen and oxygen atoms in total. The second-order valence-electron chi connectivity index (χ2n) is 9.27. The van der Waals surface area contributed by atoms with Gasteiger partial charge in [-0.3, -0.25) is 0 Å². The summed E-state index contributed by atoms with van der Waals surface area (Å²) in [6.45, 7) is 12.7. The number of hydrogen-bond acceptors (Lipinski definition) is 3. The van der Waals surface area contributed by atoms with Gasteiger partial charge in [-0.1, -0.05) is 31.6 Å². The number of H-pyrrole nitrogens is 1. The molecule has 1 aromatic carbocycles. The molecule has 2 aromatic rings. The Balaban J connectivity index is 1.77. The molecule has 1 aliphatic rings. The van der Waals surface area contributed by atoms with E-state index in [1.807, 2.05) is 0 Å². The van der Waals surface area contributed by atoms with Gasteiger partial charge in [-0.25, -0.2) is 18.1 Å². The zero-order chi connectivity index (χ0) is 21.3. The predicted molar refractivity (Wildman–Crippen MR) is 120 cm³/mol. The van der Waals surface area contributed by atoms with E-state index in [2.05, 4.69) is 61.7 Å². The lowest BCUT2D eigenvalue weighted by atomic mass is 9.70. The van der Waals surface area contributed by atoms with Crippen LogP contribution in [0.15, 0.2) is 29.8 Å². The highest BCUT2D eigenvalue weighted by atomic mass is 32.2. The fourth-order valence-corrected chi connectivity index (χ4v) is 5.15. The second-order valence-corrected chi connectivity index (χ2v) is 11.6. The average molecular weight is 418 g/mol. The predicted octanol–water partition coefficient (Wildman–Crippen LogP) is 4.60. The third-order valence-corrected chi connectivity index (χ3v) is 8.16. The van der Waals surface area contributed by atoms with E-state index in [-0.39, 0.29) is 5.92 Å². The number of hydrogen-bond donors (Lipinski definition) is 2. The number of aromatic nitrogens is 2. The molecule has 160 valence electrons. The van der Waals surface area contributed by atoms with E-state index in [9.17, 15) is 8.42 Å². The van der Waals surface area contributed by atoms with Crippen molar-refractivity contribution < 1.29 is 8.42 Å². The SMILES string of the molecule is CC1=CC(CNS(=O)(=O)C(C)C)C(C(C)C)CC1Cc1nc2ccc(C)cc2[nH]1. The third-order valence-electron chi connectivity index (χ3n) is 6.35. The van der Waals surface area contributed by atoms with Crippen LogP contribution >= 0.6 is 0 Å². The summed E-state index contributed by atoms with van der Waals surface area (Å²) in [5.74, 6) is 2.64. The Morgan fingerprint density at radius 3 is 2.59 bits per heavy atom. The number of aryl methyl sites for hydroxylation is 1. The lowest BCUT2D eigenvalue weighted by molar-refractivity contribution is 0.227. The van der Waals surface area contributed by atoms with E-state index in [1.54, 1.807) is 13.8 Å². The van der Waals surface area contributed by atoms with Gasteiger partial charge in [0.15, 0.2) is 0 Å². The minimum atomic E-state index is -3.24. The highest BCUT2D eigenvalue weighted by Crippen LogP contribution is 2.38. The van der Waals surface area contributed by atoms with Crippen molar-refractivity contribution in [3.8, 4) is 0 Å². The van der Waals surface area contributed by atoms with Crippen molar-refractivity contribution in [2.75, 3.05) is 6.54 Å². The molecule has 3 atom stereocenters. The van der Waals surface area contributed by atoms with Crippen molar-refractivity contribution in [2.45, 2.75) is 59.6 Å². The van der Waals surface area contributed by atoms with E-state index in [4.69, 9.17) is 4.98 Å². The van der Waals surface area contributed by atoms with Gasteiger partial charge >= 0.3 is 0 Å². The smallest absolute Gasteiger partial charge is 0.213 e. The summed E-state index contributed by atoms with van der Waals surface area (Å²) in [5, 5.41) is -0.405. The molecule has 1 aliphatic carbocycles. The summed E-state index contributed by atoms with van der Waals surface area (Å²) in [4.78, 5) is 8.27. The van der Waals surface area contributed by atoms with Gasteiger partial charge in [-0.15, -0.1) is 0 Å². The van der Waals surface area contributed by atoms with E-state index in [0.717, 1.165) is 29.7 Å². The molecule has 0 spiro atoms. The number of fused-ring (bicyclic) bond motifs is 1. The van der Waals surface area contributed by atoms with Gasteiger partial charge < -0.3 is 4.98 Å². The summed E-state index contributed by atoms with van der Waals surface area (Å²) in [6.07, 6.45) is 4.25. The Kier molecular flexibility index (Phi) is 6.54. The van der Waals surface area contributed by atoms with Crippen LogP contribution in [0.3, 0.4) is 0 Å². The van der Waals surface area contributed by atoms with Crippen LogP contribution in [0.5, 0.6) is 0 Å². The molecule has 29 heavy (non-hydrogen) atoms. The molecule has 0 saturated carbocycles. The van der Waals surface area contributed by atoms with E-state index < -0.39 is 15.3 Å². The van der Waals surface area contributed by atoms with Gasteiger partial charge in [0.25, 0.3) is 0 Å². The zero-order valence-corrected chi connectivity index (χ0v) is 19.3. The van der Waals surface area contributed by atoms with Crippen molar-refractivity contribution in [1.82, 2.24) is 14.7 Å². The molecule has 0 amide bonds. The average Bonchev–Trinajstić information content (AvgIpc) is 3.02. The minimum absolute atomic E-state index is 0.234. The lowest BCUT2D eigenvalue weighted by Gasteiger charge is -2.37. The van der Waals surface area contributed by atoms with Crippen molar-refractivity contribution in [2.24, 2.45) is 23.7 Å². The monoisotopic (exact) mass is 417 g/mol. The van der Waals surface area contributed by atoms with Crippen LogP contribution < -0.4 is 4.72 Å². The summed E-state index contributed by atoms with van der Waals surface area (Å²) in [7, 11) is -3.24. The lowest BCUT2D eigenvalue weighted by Crippen LogP contribution is -2.39. The van der Waals surface area contributed by atoms with Crippen LogP contribution in [0.4, 0.5) is 0 Å². The molecule has 0 fully saturated rings.